The Labute approximate surface area is 146 Å². The SMILES string of the molecule is CCN(CCO)[C@@H](C(=O)c1ccc(Cl)cc1)c1ccc(Cl)cc1. The highest BCUT2D eigenvalue weighted by molar-refractivity contribution is 6.31. The lowest BCUT2D eigenvalue weighted by Gasteiger charge is -2.29. The highest BCUT2D eigenvalue weighted by atomic mass is 35.5. The van der Waals surface area contributed by atoms with Crippen LogP contribution in [0.1, 0.15) is 28.9 Å². The van der Waals surface area contributed by atoms with Gasteiger partial charge in [0.2, 0.25) is 0 Å². The van der Waals surface area contributed by atoms with Gasteiger partial charge < -0.3 is 5.11 Å². The molecule has 0 saturated carbocycles. The van der Waals surface area contributed by atoms with Crippen LogP contribution in [0.5, 0.6) is 0 Å². The number of benzene rings is 2. The Balaban J connectivity index is 2.41. The molecular weight excluding hydrogens is 333 g/mol. The van der Waals surface area contributed by atoms with E-state index in [1.807, 2.05) is 24.0 Å². The molecule has 0 fully saturated rings. The zero-order valence-electron chi connectivity index (χ0n) is 12.9. The van der Waals surface area contributed by atoms with E-state index < -0.39 is 6.04 Å². The van der Waals surface area contributed by atoms with Gasteiger partial charge in [-0.3, -0.25) is 9.69 Å². The van der Waals surface area contributed by atoms with Crippen molar-refractivity contribution in [1.29, 1.82) is 0 Å². The zero-order chi connectivity index (χ0) is 16.8. The smallest absolute Gasteiger partial charge is 0.184 e. The Morgan fingerprint density at radius 1 is 1.04 bits per heavy atom. The van der Waals surface area contributed by atoms with Crippen molar-refractivity contribution in [3.05, 3.63) is 69.7 Å². The van der Waals surface area contributed by atoms with Crippen molar-refractivity contribution >= 4 is 29.0 Å². The predicted octanol–water partition coefficient (Wildman–Crippen LogP) is 4.23. The monoisotopic (exact) mass is 351 g/mol. The summed E-state index contributed by atoms with van der Waals surface area (Å²) in [6.07, 6.45) is 0. The quantitative estimate of drug-likeness (QED) is 0.758. The second-order valence-electron chi connectivity index (χ2n) is 5.18. The maximum atomic E-state index is 13.0. The topological polar surface area (TPSA) is 40.5 Å². The van der Waals surface area contributed by atoms with E-state index >= 15 is 0 Å². The number of aliphatic hydroxyl groups excluding tert-OH is 1. The average Bonchev–Trinajstić information content (AvgIpc) is 2.56. The molecular formula is C18H19Cl2NO2. The van der Waals surface area contributed by atoms with Crippen LogP contribution in [0.2, 0.25) is 10.0 Å². The normalized spacial score (nSPS) is 12.4. The maximum absolute atomic E-state index is 13.0. The summed E-state index contributed by atoms with van der Waals surface area (Å²) in [5, 5.41) is 10.5. The van der Waals surface area contributed by atoms with E-state index in [2.05, 4.69) is 0 Å². The van der Waals surface area contributed by atoms with Crippen LogP contribution in [-0.2, 0) is 0 Å². The number of carbonyl (C=O) groups excluding carboxylic acids is 1. The number of aliphatic hydroxyl groups is 1. The molecule has 0 radical (unpaired) electrons. The number of ketones is 1. The average molecular weight is 352 g/mol. The van der Waals surface area contributed by atoms with E-state index in [0.29, 0.717) is 28.7 Å². The van der Waals surface area contributed by atoms with Crippen LogP contribution in [0.15, 0.2) is 48.5 Å². The van der Waals surface area contributed by atoms with Crippen LogP contribution in [-0.4, -0.2) is 35.5 Å². The molecule has 2 rings (SSSR count). The number of halogens is 2. The number of likely N-dealkylation sites (N-methyl/N-ethyl adjacent to an activating group) is 1. The summed E-state index contributed by atoms with van der Waals surface area (Å²) in [4.78, 5) is 15.0. The van der Waals surface area contributed by atoms with Gasteiger partial charge in [0.05, 0.1) is 12.6 Å². The Hall–Kier alpha value is -1.39. The van der Waals surface area contributed by atoms with Crippen LogP contribution in [0.25, 0.3) is 0 Å². The lowest BCUT2D eigenvalue weighted by molar-refractivity contribution is 0.0793. The van der Waals surface area contributed by atoms with E-state index in [0.717, 1.165) is 5.56 Å². The first kappa shape index (κ1) is 18.0. The van der Waals surface area contributed by atoms with Gasteiger partial charge in [0.25, 0.3) is 0 Å². The zero-order valence-corrected chi connectivity index (χ0v) is 14.4. The first-order valence-corrected chi connectivity index (χ1v) is 8.22. The number of rotatable bonds is 7. The molecule has 0 aromatic heterocycles. The summed E-state index contributed by atoms with van der Waals surface area (Å²) >= 11 is 11.9. The number of hydrogen-bond acceptors (Lipinski definition) is 3. The standard InChI is InChI=1S/C18H19Cl2NO2/c1-2-21(11-12-22)17(13-3-7-15(19)8-4-13)18(23)14-5-9-16(20)10-6-14/h3-10,17,22H,2,11-12H2,1H3/t17-/m1/s1. The summed E-state index contributed by atoms with van der Waals surface area (Å²) in [6, 6.07) is 13.6. The molecule has 1 N–H and O–H groups in total. The minimum absolute atomic E-state index is 0.00811. The Bertz CT molecular complexity index is 641. The minimum Gasteiger partial charge on any atom is -0.395 e. The largest absolute Gasteiger partial charge is 0.395 e. The van der Waals surface area contributed by atoms with Gasteiger partial charge in [-0.15, -0.1) is 0 Å². The van der Waals surface area contributed by atoms with Gasteiger partial charge >= 0.3 is 0 Å². The summed E-state index contributed by atoms with van der Waals surface area (Å²) in [5.74, 6) is -0.0284. The van der Waals surface area contributed by atoms with Gasteiger partial charge in [-0.25, -0.2) is 0 Å². The van der Waals surface area contributed by atoms with Gasteiger partial charge in [0.15, 0.2) is 5.78 Å². The van der Waals surface area contributed by atoms with Gasteiger partial charge in [0, 0.05) is 22.2 Å². The van der Waals surface area contributed by atoms with Crippen LogP contribution < -0.4 is 0 Å². The highest BCUT2D eigenvalue weighted by Crippen LogP contribution is 2.27. The number of nitrogens with zero attached hydrogens (tertiary/aromatic N) is 1. The van der Waals surface area contributed by atoms with Crippen LogP contribution >= 0.6 is 23.2 Å². The van der Waals surface area contributed by atoms with Gasteiger partial charge in [0.1, 0.15) is 0 Å². The molecule has 2 aromatic carbocycles. The van der Waals surface area contributed by atoms with Gasteiger partial charge in [-0.2, -0.15) is 0 Å². The molecule has 5 heteroatoms. The van der Waals surface area contributed by atoms with Crippen LogP contribution in [0.4, 0.5) is 0 Å². The molecule has 1 atom stereocenters. The van der Waals surface area contributed by atoms with Crippen LogP contribution in [0.3, 0.4) is 0 Å². The van der Waals surface area contributed by atoms with Crippen LogP contribution in [0, 0.1) is 0 Å². The maximum Gasteiger partial charge on any atom is 0.184 e. The minimum atomic E-state index is -0.467. The molecule has 2 aromatic rings. The predicted molar refractivity (Wildman–Crippen MR) is 94.3 cm³/mol. The van der Waals surface area contributed by atoms with Crippen molar-refractivity contribution in [3.63, 3.8) is 0 Å². The molecule has 23 heavy (non-hydrogen) atoms. The third-order valence-electron chi connectivity index (χ3n) is 3.72. The second kappa shape index (κ2) is 8.46. The molecule has 0 heterocycles. The summed E-state index contributed by atoms with van der Waals surface area (Å²) in [6.45, 7) is 3.02. The molecule has 0 unspecified atom stereocenters. The molecule has 3 nitrogen and oxygen atoms in total. The summed E-state index contributed by atoms with van der Waals surface area (Å²) < 4.78 is 0. The second-order valence-corrected chi connectivity index (χ2v) is 6.05. The fourth-order valence-electron chi connectivity index (χ4n) is 2.54. The number of Topliss-reactive ketones (excluding diaryl/α,β-unsaturated/α-hetero) is 1. The first-order chi connectivity index (χ1) is 11.1. The Morgan fingerprint density at radius 3 is 2.04 bits per heavy atom. The first-order valence-electron chi connectivity index (χ1n) is 7.47. The molecule has 0 aliphatic rings. The van der Waals surface area contributed by atoms with E-state index in [4.69, 9.17) is 23.2 Å². The number of hydrogen-bond donors (Lipinski definition) is 1. The van der Waals surface area contributed by atoms with Gasteiger partial charge in [-0.05, 0) is 48.5 Å². The molecule has 0 aliphatic carbocycles. The van der Waals surface area contributed by atoms with E-state index in [-0.39, 0.29) is 12.4 Å². The number of carbonyl (C=O) groups is 1. The molecule has 0 saturated heterocycles. The fraction of sp³-hybridized carbons (Fsp3) is 0.278. The van der Waals surface area contributed by atoms with Crippen molar-refractivity contribution < 1.29 is 9.90 Å². The van der Waals surface area contributed by atoms with Crippen molar-refractivity contribution in [3.8, 4) is 0 Å². The van der Waals surface area contributed by atoms with Crippen molar-refractivity contribution in [2.75, 3.05) is 19.7 Å². The summed E-state index contributed by atoms with van der Waals surface area (Å²) in [7, 11) is 0. The Kier molecular flexibility index (Phi) is 6.60. The molecule has 0 bridgehead atoms. The Morgan fingerprint density at radius 2 is 1.57 bits per heavy atom. The van der Waals surface area contributed by atoms with Crippen molar-refractivity contribution in [1.82, 2.24) is 4.90 Å². The van der Waals surface area contributed by atoms with Crippen molar-refractivity contribution in [2.45, 2.75) is 13.0 Å². The molecule has 0 spiro atoms. The van der Waals surface area contributed by atoms with Crippen molar-refractivity contribution in [2.24, 2.45) is 0 Å². The van der Waals surface area contributed by atoms with E-state index in [1.54, 1.807) is 36.4 Å². The van der Waals surface area contributed by atoms with E-state index in [1.165, 1.54) is 0 Å². The molecule has 0 aliphatic heterocycles. The van der Waals surface area contributed by atoms with E-state index in [9.17, 15) is 9.90 Å². The molecule has 0 amide bonds. The third-order valence-corrected chi connectivity index (χ3v) is 4.23. The highest BCUT2D eigenvalue weighted by Gasteiger charge is 2.27. The lowest BCUT2D eigenvalue weighted by Crippen LogP contribution is -2.36. The lowest BCUT2D eigenvalue weighted by atomic mass is 9.96. The third kappa shape index (κ3) is 4.55. The van der Waals surface area contributed by atoms with Gasteiger partial charge in [-0.1, -0.05) is 42.3 Å². The summed E-state index contributed by atoms with van der Waals surface area (Å²) in [5.41, 5.74) is 1.44. The fourth-order valence-corrected chi connectivity index (χ4v) is 2.80. The molecule has 122 valence electrons.